The molecule has 4 rings (SSSR count). The van der Waals surface area contributed by atoms with Crippen LogP contribution in [0.3, 0.4) is 0 Å². The molecule has 0 N–H and O–H groups in total. The van der Waals surface area contributed by atoms with Crippen LogP contribution in [0.5, 0.6) is 0 Å². The lowest BCUT2D eigenvalue weighted by Gasteiger charge is -2.37. The summed E-state index contributed by atoms with van der Waals surface area (Å²) < 4.78 is 64.6. The molecular weight excluding hydrogens is 604 g/mol. The predicted molar refractivity (Wildman–Crippen MR) is 175 cm³/mol. The van der Waals surface area contributed by atoms with Gasteiger partial charge in [0.2, 0.25) is 5.91 Å². The van der Waals surface area contributed by atoms with Gasteiger partial charge in [0.25, 0.3) is 12.3 Å². The lowest BCUT2D eigenvalue weighted by molar-refractivity contribution is -0.141. The third-order valence-corrected chi connectivity index (χ3v) is 9.33. The second-order valence-electron chi connectivity index (χ2n) is 11.4. The molecule has 1 fully saturated rings. The summed E-state index contributed by atoms with van der Waals surface area (Å²) in [6.45, 7) is 11.3. The number of thiazole rings is 1. The van der Waals surface area contributed by atoms with Gasteiger partial charge in [-0.25, -0.2) is 22.5 Å². The fourth-order valence-corrected chi connectivity index (χ4v) is 6.93. The summed E-state index contributed by atoms with van der Waals surface area (Å²) in [5.74, 6) is -3.90. The SMILES string of the molecule is C=C=C(CC=C)N1CCC(C(=O)N(C)[C@@H](c2ccc(N(C)c3ccc4sc(C)nc4c3C(OC)C(C)(F)F)cc2)C(F)F)CC1.[HH]. The number of aryl methyl sites for hydroxylation is 1. The molecule has 1 saturated heterocycles. The third kappa shape index (κ3) is 7.27. The molecule has 0 radical (unpaired) electrons. The Bertz CT molecular complexity index is 1560. The van der Waals surface area contributed by atoms with Crippen LogP contribution in [0.2, 0.25) is 0 Å². The van der Waals surface area contributed by atoms with Crippen LogP contribution in [0.1, 0.15) is 55.9 Å². The van der Waals surface area contributed by atoms with Crippen LogP contribution < -0.4 is 4.90 Å². The fourth-order valence-electron chi connectivity index (χ4n) is 6.09. The number of carbonyl (C=O) groups is 1. The number of halogens is 4. The summed E-state index contributed by atoms with van der Waals surface area (Å²) in [5, 5.41) is 0.734. The van der Waals surface area contributed by atoms with E-state index < -0.39 is 24.5 Å². The topological polar surface area (TPSA) is 48.9 Å². The highest BCUT2D eigenvalue weighted by molar-refractivity contribution is 7.18. The van der Waals surface area contributed by atoms with Crippen molar-refractivity contribution >= 4 is 38.8 Å². The van der Waals surface area contributed by atoms with Crippen LogP contribution in [0, 0.1) is 12.8 Å². The van der Waals surface area contributed by atoms with E-state index in [1.165, 1.54) is 25.5 Å². The number of aromatic nitrogens is 1. The van der Waals surface area contributed by atoms with Gasteiger partial charge < -0.3 is 19.4 Å². The monoisotopic (exact) mass is 646 g/mol. The second-order valence-corrected chi connectivity index (χ2v) is 12.6. The maximum Gasteiger partial charge on any atom is 0.275 e. The minimum Gasteiger partial charge on any atom is -0.370 e. The van der Waals surface area contributed by atoms with Gasteiger partial charge in [0.1, 0.15) is 12.1 Å². The quantitative estimate of drug-likeness (QED) is 0.112. The number of nitrogens with zero attached hydrogens (tertiary/aromatic N) is 4. The summed E-state index contributed by atoms with van der Waals surface area (Å²) in [6, 6.07) is 8.54. The lowest BCUT2D eigenvalue weighted by atomic mass is 9.93. The molecule has 2 aromatic carbocycles. The maximum absolute atomic E-state index is 14.8. The molecular formula is C34H42F4N4O2S. The van der Waals surface area contributed by atoms with Crippen molar-refractivity contribution in [2.75, 3.05) is 39.2 Å². The highest BCUT2D eigenvalue weighted by Crippen LogP contribution is 2.45. The molecule has 11 heteroatoms. The normalized spacial score (nSPS) is 15.6. The van der Waals surface area contributed by atoms with Gasteiger partial charge in [-0.3, -0.25) is 4.79 Å². The number of carbonyl (C=O) groups excluding carboxylic acids is 1. The van der Waals surface area contributed by atoms with Crippen molar-refractivity contribution in [3.05, 3.63) is 83.2 Å². The zero-order valence-electron chi connectivity index (χ0n) is 26.3. The van der Waals surface area contributed by atoms with Crippen LogP contribution in [-0.4, -0.2) is 67.3 Å². The van der Waals surface area contributed by atoms with Crippen molar-refractivity contribution in [3.8, 4) is 0 Å². The first-order chi connectivity index (χ1) is 21.3. The molecule has 2 atom stereocenters. The molecule has 1 aliphatic heterocycles. The Morgan fingerprint density at radius 1 is 1.22 bits per heavy atom. The number of amides is 1. The minimum absolute atomic E-state index is 0. The number of ether oxygens (including phenoxy) is 1. The zero-order valence-corrected chi connectivity index (χ0v) is 27.1. The Labute approximate surface area is 267 Å². The predicted octanol–water partition coefficient (Wildman–Crippen LogP) is 8.68. The van der Waals surface area contributed by atoms with E-state index in [-0.39, 0.29) is 24.4 Å². The number of methoxy groups -OCH3 is 1. The number of likely N-dealkylation sites (tertiary alicyclic amines) is 1. The number of allylic oxidation sites excluding steroid dienone is 1. The zero-order chi connectivity index (χ0) is 33.1. The number of rotatable bonds is 12. The molecule has 2 heterocycles. The molecule has 1 amide bonds. The van der Waals surface area contributed by atoms with Gasteiger partial charge in [0.15, 0.2) is 0 Å². The van der Waals surface area contributed by atoms with Crippen LogP contribution in [0.4, 0.5) is 28.9 Å². The highest BCUT2D eigenvalue weighted by Gasteiger charge is 2.40. The first-order valence-corrected chi connectivity index (χ1v) is 15.6. The van der Waals surface area contributed by atoms with E-state index in [1.807, 2.05) is 13.0 Å². The number of piperidine rings is 1. The molecule has 1 aliphatic rings. The first-order valence-electron chi connectivity index (χ1n) is 14.8. The Morgan fingerprint density at radius 2 is 1.87 bits per heavy atom. The van der Waals surface area contributed by atoms with Crippen LogP contribution in [0.15, 0.2) is 67.1 Å². The van der Waals surface area contributed by atoms with Gasteiger partial charge in [-0.2, -0.15) is 0 Å². The van der Waals surface area contributed by atoms with Gasteiger partial charge in [-0.05, 0) is 49.6 Å². The van der Waals surface area contributed by atoms with E-state index >= 15 is 0 Å². The van der Waals surface area contributed by atoms with Crippen LogP contribution in [0.25, 0.3) is 10.2 Å². The smallest absolute Gasteiger partial charge is 0.275 e. The van der Waals surface area contributed by atoms with Crippen LogP contribution in [-0.2, 0) is 9.53 Å². The average Bonchev–Trinajstić information content (AvgIpc) is 3.39. The number of benzene rings is 2. The maximum atomic E-state index is 14.8. The number of anilines is 2. The Kier molecular flexibility index (Phi) is 10.8. The number of hydrogen-bond donors (Lipinski definition) is 0. The van der Waals surface area contributed by atoms with E-state index in [1.54, 1.807) is 48.4 Å². The van der Waals surface area contributed by atoms with Gasteiger partial charge >= 0.3 is 0 Å². The van der Waals surface area contributed by atoms with Crippen molar-refractivity contribution in [3.63, 3.8) is 0 Å². The molecule has 0 saturated carbocycles. The minimum atomic E-state index is -3.20. The Balaban J connectivity index is 0.00000576. The summed E-state index contributed by atoms with van der Waals surface area (Å²) in [7, 11) is 4.38. The van der Waals surface area contributed by atoms with E-state index in [9.17, 15) is 22.4 Å². The molecule has 45 heavy (non-hydrogen) atoms. The lowest BCUT2D eigenvalue weighted by Crippen LogP contribution is -2.43. The summed E-state index contributed by atoms with van der Waals surface area (Å²) in [6.07, 6.45) is -0.907. The molecule has 1 unspecified atom stereocenters. The molecule has 6 nitrogen and oxygen atoms in total. The molecule has 0 spiro atoms. The summed E-state index contributed by atoms with van der Waals surface area (Å²) in [5.41, 5.74) is 5.84. The largest absolute Gasteiger partial charge is 0.370 e. The Morgan fingerprint density at radius 3 is 2.40 bits per heavy atom. The summed E-state index contributed by atoms with van der Waals surface area (Å²) in [4.78, 5) is 22.9. The van der Waals surface area contributed by atoms with Crippen LogP contribution >= 0.6 is 11.3 Å². The van der Waals surface area contributed by atoms with Gasteiger partial charge in [0.05, 0.1) is 20.9 Å². The van der Waals surface area contributed by atoms with Crippen molar-refractivity contribution in [1.29, 1.82) is 0 Å². The van der Waals surface area contributed by atoms with Crippen molar-refractivity contribution in [2.24, 2.45) is 5.92 Å². The van der Waals surface area contributed by atoms with Crippen molar-refractivity contribution in [2.45, 2.75) is 57.6 Å². The molecule has 1 aromatic heterocycles. The second kappa shape index (κ2) is 14.2. The number of fused-ring (bicyclic) bond motifs is 1. The van der Waals surface area contributed by atoms with Gasteiger partial charge in [0, 0.05) is 71.9 Å². The molecule has 3 aromatic rings. The highest BCUT2D eigenvalue weighted by atomic mass is 32.1. The summed E-state index contributed by atoms with van der Waals surface area (Å²) >= 11 is 1.40. The number of hydrogen-bond acceptors (Lipinski definition) is 6. The van der Waals surface area contributed by atoms with E-state index in [4.69, 9.17) is 4.74 Å². The Hall–Kier alpha value is -3.66. The first kappa shape index (κ1) is 34.2. The van der Waals surface area contributed by atoms with Crippen molar-refractivity contribution in [1.82, 2.24) is 14.8 Å². The molecule has 0 bridgehead atoms. The molecule has 0 aliphatic carbocycles. The van der Waals surface area contributed by atoms with E-state index in [2.05, 4.69) is 28.8 Å². The standard InChI is InChI=1S/C34H40F4N4O2S.H2/c1-8-10-24(9-2)42-19-17-23(18-20-42)33(43)41(6)30(32(35)36)22-11-13-25(14-12-22)40(5)26-15-16-27-29(39-21(3)45-27)28(26)31(44-7)34(4,37)38;/h8,11-16,23,30-32H,1-2,10,17-20H2,3-7H3;1H/t30-,31?;/m0./s1. The third-order valence-electron chi connectivity index (χ3n) is 8.40. The van der Waals surface area contributed by atoms with Gasteiger partial charge in [-0.1, -0.05) is 24.8 Å². The fraction of sp³-hybridized carbons (Fsp3) is 0.441. The van der Waals surface area contributed by atoms with Crippen molar-refractivity contribution < 1.29 is 28.5 Å². The molecule has 244 valence electrons. The average molecular weight is 647 g/mol. The van der Waals surface area contributed by atoms with E-state index in [0.717, 1.165) is 27.2 Å². The number of alkyl halides is 4. The van der Waals surface area contributed by atoms with Gasteiger partial charge in [-0.15, -0.1) is 23.6 Å². The van der Waals surface area contributed by atoms with E-state index in [0.29, 0.717) is 49.2 Å².